The van der Waals surface area contributed by atoms with Crippen LogP contribution in [0.2, 0.25) is 0 Å². The van der Waals surface area contributed by atoms with Gasteiger partial charge in [0.05, 0.1) is 5.54 Å². The van der Waals surface area contributed by atoms with Crippen LogP contribution in [0.25, 0.3) is 0 Å². The molecular formula is C14H23N5O. The third kappa shape index (κ3) is 2.44. The van der Waals surface area contributed by atoms with Crippen LogP contribution >= 0.6 is 0 Å². The third-order valence-corrected chi connectivity index (χ3v) is 4.85. The largest absolute Gasteiger partial charge is 0.342 e. The minimum absolute atomic E-state index is 0.202. The van der Waals surface area contributed by atoms with Gasteiger partial charge in [-0.1, -0.05) is 19.8 Å². The van der Waals surface area contributed by atoms with Gasteiger partial charge in [-0.05, 0) is 31.6 Å². The van der Waals surface area contributed by atoms with Crippen molar-refractivity contribution in [1.29, 1.82) is 0 Å². The van der Waals surface area contributed by atoms with Gasteiger partial charge in [-0.2, -0.15) is 0 Å². The molecule has 2 atom stereocenters. The zero-order valence-electron chi connectivity index (χ0n) is 12.0. The van der Waals surface area contributed by atoms with Gasteiger partial charge < -0.3 is 11.1 Å². The number of amides is 1. The van der Waals surface area contributed by atoms with E-state index in [1.807, 2.05) is 0 Å². The second-order valence-corrected chi connectivity index (χ2v) is 6.28. The standard InChI is InChI=1S/C14H23N5O/c1-9-4-2-3-7-14(9,8-15)17-13(20)12-16-11(18-19-12)10-5-6-10/h9-10H,2-8,15H2,1H3,(H,17,20)(H,16,18,19). The normalized spacial score (nSPS) is 30.2. The Hall–Kier alpha value is -1.43. The van der Waals surface area contributed by atoms with Crippen LogP contribution in [0.4, 0.5) is 0 Å². The lowest BCUT2D eigenvalue weighted by Crippen LogP contribution is -2.59. The molecule has 0 aliphatic heterocycles. The Balaban J connectivity index is 1.72. The molecule has 0 aromatic carbocycles. The SMILES string of the molecule is CC1CCCCC1(CN)NC(=O)c1n[nH]c(C2CC2)n1. The van der Waals surface area contributed by atoms with Crippen LogP contribution in [0, 0.1) is 5.92 Å². The molecular weight excluding hydrogens is 254 g/mol. The molecule has 0 saturated heterocycles. The molecule has 2 fully saturated rings. The Morgan fingerprint density at radius 2 is 2.25 bits per heavy atom. The quantitative estimate of drug-likeness (QED) is 0.773. The summed E-state index contributed by atoms with van der Waals surface area (Å²) >= 11 is 0. The van der Waals surface area contributed by atoms with Crippen molar-refractivity contribution in [2.45, 2.75) is 56.9 Å². The van der Waals surface area contributed by atoms with Gasteiger partial charge in [-0.25, -0.2) is 4.98 Å². The maximum absolute atomic E-state index is 12.4. The molecule has 110 valence electrons. The average Bonchev–Trinajstić information content (AvgIpc) is 3.19. The summed E-state index contributed by atoms with van der Waals surface area (Å²) < 4.78 is 0. The first-order valence-corrected chi connectivity index (χ1v) is 7.59. The van der Waals surface area contributed by atoms with Crippen molar-refractivity contribution in [3.8, 4) is 0 Å². The van der Waals surface area contributed by atoms with Crippen LogP contribution in [0.3, 0.4) is 0 Å². The fourth-order valence-electron chi connectivity index (χ4n) is 3.15. The number of carbonyl (C=O) groups excluding carboxylic acids is 1. The summed E-state index contributed by atoms with van der Waals surface area (Å²) in [7, 11) is 0. The van der Waals surface area contributed by atoms with E-state index in [4.69, 9.17) is 5.73 Å². The van der Waals surface area contributed by atoms with Crippen molar-refractivity contribution in [3.63, 3.8) is 0 Å². The van der Waals surface area contributed by atoms with E-state index in [0.717, 1.165) is 37.9 Å². The Bertz CT molecular complexity index is 496. The molecule has 1 amide bonds. The van der Waals surface area contributed by atoms with Crippen LogP contribution in [0.15, 0.2) is 0 Å². The van der Waals surface area contributed by atoms with Crippen molar-refractivity contribution >= 4 is 5.91 Å². The molecule has 3 rings (SSSR count). The zero-order valence-corrected chi connectivity index (χ0v) is 12.0. The Morgan fingerprint density at radius 3 is 2.90 bits per heavy atom. The number of hydrogen-bond donors (Lipinski definition) is 3. The molecule has 2 saturated carbocycles. The minimum Gasteiger partial charge on any atom is -0.342 e. The van der Waals surface area contributed by atoms with E-state index in [9.17, 15) is 4.79 Å². The Morgan fingerprint density at radius 1 is 1.45 bits per heavy atom. The number of nitrogens with zero attached hydrogens (tertiary/aromatic N) is 2. The first-order valence-electron chi connectivity index (χ1n) is 7.59. The molecule has 0 bridgehead atoms. The van der Waals surface area contributed by atoms with Gasteiger partial charge in [-0.15, -0.1) is 5.10 Å². The molecule has 4 N–H and O–H groups in total. The lowest BCUT2D eigenvalue weighted by molar-refractivity contribution is 0.0802. The summed E-state index contributed by atoms with van der Waals surface area (Å²) in [5.41, 5.74) is 5.66. The van der Waals surface area contributed by atoms with Gasteiger partial charge in [0.25, 0.3) is 5.91 Å². The predicted octanol–water partition coefficient (Wildman–Crippen LogP) is 1.32. The highest BCUT2D eigenvalue weighted by molar-refractivity contribution is 5.91. The maximum Gasteiger partial charge on any atom is 0.291 e. The predicted molar refractivity (Wildman–Crippen MR) is 75.2 cm³/mol. The van der Waals surface area contributed by atoms with Crippen LogP contribution in [0.5, 0.6) is 0 Å². The molecule has 1 aromatic heterocycles. The Kier molecular flexibility index (Phi) is 3.50. The minimum atomic E-state index is -0.296. The topological polar surface area (TPSA) is 96.7 Å². The lowest BCUT2D eigenvalue weighted by atomic mass is 9.73. The molecule has 1 aromatic rings. The van der Waals surface area contributed by atoms with E-state index in [2.05, 4.69) is 27.4 Å². The highest BCUT2D eigenvalue weighted by Crippen LogP contribution is 2.38. The van der Waals surface area contributed by atoms with E-state index in [1.54, 1.807) is 0 Å². The van der Waals surface area contributed by atoms with E-state index in [-0.39, 0.29) is 17.3 Å². The van der Waals surface area contributed by atoms with Crippen molar-refractivity contribution < 1.29 is 4.79 Å². The van der Waals surface area contributed by atoms with E-state index < -0.39 is 0 Å². The van der Waals surface area contributed by atoms with Gasteiger partial charge in [-0.3, -0.25) is 9.89 Å². The summed E-state index contributed by atoms with van der Waals surface area (Å²) in [6.45, 7) is 2.64. The third-order valence-electron chi connectivity index (χ3n) is 4.85. The molecule has 2 aliphatic rings. The number of carbonyl (C=O) groups is 1. The Labute approximate surface area is 118 Å². The molecule has 0 radical (unpaired) electrons. The zero-order chi connectivity index (χ0) is 14.2. The first-order chi connectivity index (χ1) is 9.64. The number of aromatic amines is 1. The summed E-state index contributed by atoms with van der Waals surface area (Å²) in [4.78, 5) is 16.7. The van der Waals surface area contributed by atoms with Crippen molar-refractivity contribution in [1.82, 2.24) is 20.5 Å². The maximum atomic E-state index is 12.4. The number of rotatable bonds is 4. The van der Waals surface area contributed by atoms with Gasteiger partial charge in [0.1, 0.15) is 5.82 Å². The number of nitrogens with one attached hydrogen (secondary N) is 2. The van der Waals surface area contributed by atoms with Crippen LogP contribution < -0.4 is 11.1 Å². The van der Waals surface area contributed by atoms with E-state index in [0.29, 0.717) is 18.4 Å². The van der Waals surface area contributed by atoms with Crippen LogP contribution in [-0.4, -0.2) is 33.2 Å². The number of hydrogen-bond acceptors (Lipinski definition) is 4. The molecule has 2 aliphatic carbocycles. The van der Waals surface area contributed by atoms with Gasteiger partial charge in [0.2, 0.25) is 5.82 Å². The molecule has 6 nitrogen and oxygen atoms in total. The van der Waals surface area contributed by atoms with Gasteiger partial charge in [0, 0.05) is 12.5 Å². The van der Waals surface area contributed by atoms with Crippen LogP contribution in [0.1, 0.15) is 67.8 Å². The lowest BCUT2D eigenvalue weighted by Gasteiger charge is -2.42. The molecule has 0 spiro atoms. The fraction of sp³-hybridized carbons (Fsp3) is 0.786. The summed E-state index contributed by atoms with van der Waals surface area (Å²) in [5, 5.41) is 10.0. The second kappa shape index (κ2) is 5.16. The summed E-state index contributed by atoms with van der Waals surface area (Å²) in [6, 6.07) is 0. The smallest absolute Gasteiger partial charge is 0.291 e. The highest BCUT2D eigenvalue weighted by Gasteiger charge is 2.39. The molecule has 6 heteroatoms. The fourth-order valence-corrected chi connectivity index (χ4v) is 3.15. The monoisotopic (exact) mass is 277 g/mol. The van der Waals surface area contributed by atoms with Gasteiger partial charge >= 0.3 is 0 Å². The van der Waals surface area contributed by atoms with Crippen LogP contribution in [-0.2, 0) is 0 Å². The molecule has 1 heterocycles. The van der Waals surface area contributed by atoms with Gasteiger partial charge in [0.15, 0.2) is 0 Å². The number of H-pyrrole nitrogens is 1. The first kappa shape index (κ1) is 13.5. The van der Waals surface area contributed by atoms with Crippen molar-refractivity contribution in [3.05, 3.63) is 11.6 Å². The van der Waals surface area contributed by atoms with E-state index >= 15 is 0 Å². The summed E-state index contributed by atoms with van der Waals surface area (Å²) in [6.07, 6.45) is 6.66. The number of nitrogens with two attached hydrogens (primary N) is 1. The average molecular weight is 277 g/mol. The highest BCUT2D eigenvalue weighted by atomic mass is 16.2. The molecule has 20 heavy (non-hydrogen) atoms. The second-order valence-electron chi connectivity index (χ2n) is 6.28. The summed E-state index contributed by atoms with van der Waals surface area (Å²) in [5.74, 6) is 1.76. The van der Waals surface area contributed by atoms with E-state index in [1.165, 1.54) is 6.42 Å². The number of aromatic nitrogens is 3. The van der Waals surface area contributed by atoms with Crippen molar-refractivity contribution in [2.75, 3.05) is 6.54 Å². The van der Waals surface area contributed by atoms with Crippen molar-refractivity contribution in [2.24, 2.45) is 11.7 Å². The molecule has 2 unspecified atom stereocenters.